The van der Waals surface area contributed by atoms with Gasteiger partial charge < -0.3 is 15.3 Å². The molecule has 16 heavy (non-hydrogen) atoms. The summed E-state index contributed by atoms with van der Waals surface area (Å²) in [6.45, 7) is 7.24. The minimum Gasteiger partial charge on any atom is -0.481 e. The molecule has 0 heterocycles. The zero-order valence-electron chi connectivity index (χ0n) is 11.0. The third kappa shape index (κ3) is 9.93. The Balaban J connectivity index is 3.53. The quantitative estimate of drug-likeness (QED) is 0.588. The minimum atomic E-state index is -0.700. The van der Waals surface area contributed by atoms with Crippen molar-refractivity contribution in [2.24, 2.45) is 5.41 Å². The molecule has 0 saturated carbocycles. The zero-order valence-corrected chi connectivity index (χ0v) is 11.0. The van der Waals surface area contributed by atoms with Gasteiger partial charge in [0.2, 0.25) is 0 Å². The molecule has 0 aliphatic heterocycles. The third-order valence-corrected chi connectivity index (χ3v) is 2.73. The summed E-state index contributed by atoms with van der Waals surface area (Å²) in [6.07, 6.45) is 2.04. The lowest BCUT2D eigenvalue weighted by molar-refractivity contribution is -0.137. The molecule has 0 atom stereocenters. The van der Waals surface area contributed by atoms with Gasteiger partial charge >= 0.3 is 5.97 Å². The molecular weight excluding hydrogens is 204 g/mol. The number of hydrogen-bond acceptors (Lipinski definition) is 3. The van der Waals surface area contributed by atoms with Crippen molar-refractivity contribution in [2.45, 2.75) is 33.1 Å². The Morgan fingerprint density at radius 2 is 1.88 bits per heavy atom. The number of rotatable bonds is 9. The lowest BCUT2D eigenvalue weighted by atomic mass is 9.84. The molecule has 0 saturated heterocycles. The molecule has 0 bridgehead atoms. The Hall–Kier alpha value is -0.610. The SMILES string of the molecule is CN(C)CCNCCC(C)(C)CCC(=O)O. The topological polar surface area (TPSA) is 52.6 Å². The Morgan fingerprint density at radius 3 is 2.38 bits per heavy atom. The van der Waals surface area contributed by atoms with Crippen LogP contribution in [0.3, 0.4) is 0 Å². The second-order valence-electron chi connectivity index (χ2n) is 5.36. The largest absolute Gasteiger partial charge is 0.481 e. The van der Waals surface area contributed by atoms with Crippen molar-refractivity contribution in [3.63, 3.8) is 0 Å². The van der Waals surface area contributed by atoms with Gasteiger partial charge in [-0.15, -0.1) is 0 Å². The van der Waals surface area contributed by atoms with Gasteiger partial charge in [0.05, 0.1) is 0 Å². The summed E-state index contributed by atoms with van der Waals surface area (Å²) in [7, 11) is 4.11. The lowest BCUT2D eigenvalue weighted by Gasteiger charge is -2.24. The average Bonchev–Trinajstić information content (AvgIpc) is 2.14. The van der Waals surface area contributed by atoms with Crippen LogP contribution in [0.4, 0.5) is 0 Å². The molecule has 0 fully saturated rings. The highest BCUT2D eigenvalue weighted by Crippen LogP contribution is 2.25. The molecular formula is C12H26N2O2. The molecule has 0 aliphatic rings. The van der Waals surface area contributed by atoms with Gasteiger partial charge in [-0.3, -0.25) is 4.79 Å². The van der Waals surface area contributed by atoms with Crippen LogP contribution >= 0.6 is 0 Å². The van der Waals surface area contributed by atoms with Crippen molar-refractivity contribution in [1.29, 1.82) is 0 Å². The summed E-state index contributed by atoms with van der Waals surface area (Å²) in [4.78, 5) is 12.6. The highest BCUT2D eigenvalue weighted by atomic mass is 16.4. The summed E-state index contributed by atoms with van der Waals surface area (Å²) in [5.74, 6) is -0.700. The van der Waals surface area contributed by atoms with Crippen LogP contribution in [0, 0.1) is 5.41 Å². The number of carbonyl (C=O) groups is 1. The van der Waals surface area contributed by atoms with Gasteiger partial charge in [0.15, 0.2) is 0 Å². The highest BCUT2D eigenvalue weighted by molar-refractivity contribution is 5.66. The zero-order chi connectivity index (χ0) is 12.6. The first-order chi connectivity index (χ1) is 7.33. The van der Waals surface area contributed by atoms with Crippen LogP contribution in [0.15, 0.2) is 0 Å². The van der Waals surface area contributed by atoms with Gasteiger partial charge in [0.1, 0.15) is 0 Å². The molecule has 4 heteroatoms. The first-order valence-electron chi connectivity index (χ1n) is 5.91. The maximum absolute atomic E-state index is 10.5. The number of likely N-dealkylation sites (N-methyl/N-ethyl adjacent to an activating group) is 1. The van der Waals surface area contributed by atoms with Crippen LogP contribution in [0.2, 0.25) is 0 Å². The van der Waals surface area contributed by atoms with E-state index in [1.165, 1.54) is 0 Å². The van der Waals surface area contributed by atoms with E-state index in [2.05, 4.69) is 38.2 Å². The second kappa shape index (κ2) is 7.63. The van der Waals surface area contributed by atoms with Gasteiger partial charge in [-0.1, -0.05) is 13.8 Å². The maximum atomic E-state index is 10.5. The van der Waals surface area contributed by atoms with E-state index in [0.717, 1.165) is 32.5 Å². The van der Waals surface area contributed by atoms with Crippen molar-refractivity contribution in [1.82, 2.24) is 10.2 Å². The van der Waals surface area contributed by atoms with Gasteiger partial charge in [-0.05, 0) is 38.9 Å². The summed E-state index contributed by atoms with van der Waals surface area (Å²) < 4.78 is 0. The van der Waals surface area contributed by atoms with Crippen molar-refractivity contribution >= 4 is 5.97 Å². The van der Waals surface area contributed by atoms with Gasteiger partial charge in [0, 0.05) is 19.5 Å². The maximum Gasteiger partial charge on any atom is 0.303 e. The van der Waals surface area contributed by atoms with Crippen LogP contribution in [0.25, 0.3) is 0 Å². The molecule has 0 aromatic heterocycles. The molecule has 0 rings (SSSR count). The van der Waals surface area contributed by atoms with Gasteiger partial charge in [-0.25, -0.2) is 0 Å². The average molecular weight is 230 g/mol. The Kier molecular flexibility index (Phi) is 7.34. The first-order valence-corrected chi connectivity index (χ1v) is 5.91. The first kappa shape index (κ1) is 15.4. The molecule has 4 nitrogen and oxygen atoms in total. The molecule has 0 unspecified atom stereocenters. The summed E-state index contributed by atoms with van der Waals surface area (Å²) in [6, 6.07) is 0. The molecule has 0 aromatic carbocycles. The predicted molar refractivity (Wildman–Crippen MR) is 66.7 cm³/mol. The standard InChI is InChI=1S/C12H26N2O2/c1-12(2,6-5-11(15)16)7-8-13-9-10-14(3)4/h13H,5-10H2,1-4H3,(H,15,16). The van der Waals surface area contributed by atoms with Crippen molar-refractivity contribution in [2.75, 3.05) is 33.7 Å². The second-order valence-corrected chi connectivity index (χ2v) is 5.36. The van der Waals surface area contributed by atoms with E-state index in [9.17, 15) is 4.79 Å². The van der Waals surface area contributed by atoms with E-state index in [0.29, 0.717) is 0 Å². The number of aliphatic carboxylic acids is 1. The monoisotopic (exact) mass is 230 g/mol. The number of nitrogens with zero attached hydrogens (tertiary/aromatic N) is 1. The Bertz CT molecular complexity index is 203. The van der Waals surface area contributed by atoms with Crippen LogP contribution in [-0.2, 0) is 4.79 Å². The van der Waals surface area contributed by atoms with Crippen molar-refractivity contribution < 1.29 is 9.90 Å². The number of carboxylic acids is 1. The van der Waals surface area contributed by atoms with Crippen molar-refractivity contribution in [3.8, 4) is 0 Å². The lowest BCUT2D eigenvalue weighted by Crippen LogP contribution is -2.29. The Labute approximate surface area is 99.0 Å². The predicted octanol–water partition coefficient (Wildman–Crippen LogP) is 1.42. The van der Waals surface area contributed by atoms with E-state index in [1.807, 2.05) is 0 Å². The summed E-state index contributed by atoms with van der Waals surface area (Å²) >= 11 is 0. The number of nitrogens with one attached hydrogen (secondary N) is 1. The fraction of sp³-hybridized carbons (Fsp3) is 0.917. The Morgan fingerprint density at radius 1 is 1.25 bits per heavy atom. The van der Waals surface area contributed by atoms with Gasteiger partial charge in [-0.2, -0.15) is 0 Å². The van der Waals surface area contributed by atoms with Crippen LogP contribution < -0.4 is 5.32 Å². The normalized spacial score (nSPS) is 12.1. The summed E-state index contributed by atoms with van der Waals surface area (Å²) in [5.41, 5.74) is 0.115. The highest BCUT2D eigenvalue weighted by Gasteiger charge is 2.18. The van der Waals surface area contributed by atoms with Crippen LogP contribution in [0.5, 0.6) is 0 Å². The summed E-state index contributed by atoms with van der Waals surface area (Å²) in [5, 5.41) is 12.0. The van der Waals surface area contributed by atoms with E-state index in [4.69, 9.17) is 5.11 Å². The number of carboxylic acid groups (broad SMARTS) is 1. The van der Waals surface area contributed by atoms with Crippen LogP contribution in [0.1, 0.15) is 33.1 Å². The molecule has 0 aliphatic carbocycles. The molecule has 0 aromatic rings. The number of hydrogen-bond donors (Lipinski definition) is 2. The van der Waals surface area contributed by atoms with Gasteiger partial charge in [0.25, 0.3) is 0 Å². The fourth-order valence-corrected chi connectivity index (χ4v) is 1.42. The van der Waals surface area contributed by atoms with E-state index in [1.54, 1.807) is 0 Å². The smallest absolute Gasteiger partial charge is 0.303 e. The molecule has 0 amide bonds. The molecule has 96 valence electrons. The van der Waals surface area contributed by atoms with Crippen molar-refractivity contribution in [3.05, 3.63) is 0 Å². The fourth-order valence-electron chi connectivity index (χ4n) is 1.42. The molecule has 2 N–H and O–H groups in total. The van der Waals surface area contributed by atoms with Crippen LogP contribution in [-0.4, -0.2) is 49.7 Å². The van der Waals surface area contributed by atoms with E-state index >= 15 is 0 Å². The minimum absolute atomic E-state index is 0.115. The molecule has 0 radical (unpaired) electrons. The molecule has 0 spiro atoms. The third-order valence-electron chi connectivity index (χ3n) is 2.73. The van der Waals surface area contributed by atoms with E-state index < -0.39 is 5.97 Å². The van der Waals surface area contributed by atoms with E-state index in [-0.39, 0.29) is 11.8 Å².